The maximum Gasteiger partial charge on any atom is 0.248 e. The van der Waals surface area contributed by atoms with Crippen LogP contribution in [-0.2, 0) is 18.9 Å². The Bertz CT molecular complexity index is 387. The Morgan fingerprint density at radius 3 is 1.76 bits per heavy atom. The highest BCUT2D eigenvalue weighted by molar-refractivity contribution is 4.77. The van der Waals surface area contributed by atoms with Crippen LogP contribution in [0.2, 0.25) is 0 Å². The molecule has 0 spiro atoms. The van der Waals surface area contributed by atoms with Gasteiger partial charge in [-0.15, -0.1) is 0 Å². The molecule has 0 radical (unpaired) electrons. The lowest BCUT2D eigenvalue weighted by molar-refractivity contribution is -0.0714. The summed E-state index contributed by atoms with van der Waals surface area (Å²) in [6.45, 7) is 3.96. The lowest BCUT2D eigenvalue weighted by atomic mass is 9.94. The molecule has 1 saturated heterocycles. The topological polar surface area (TPSA) is 57.2 Å². The van der Waals surface area contributed by atoms with Crippen LogP contribution in [0.1, 0.15) is 71.1 Å². The zero-order valence-corrected chi connectivity index (χ0v) is 18.7. The molecule has 1 atom stereocenters. The van der Waals surface area contributed by atoms with Crippen molar-refractivity contribution >= 4 is 0 Å². The number of hydrogen-bond acceptors (Lipinski definition) is 5. The molecule has 0 aromatic carbocycles. The largest absolute Gasteiger partial charge is 0.393 e. The number of alkyl halides is 2. The molecule has 1 unspecified atom stereocenters. The third kappa shape index (κ3) is 11.6. The molecule has 1 aliphatic heterocycles. The fourth-order valence-electron chi connectivity index (χ4n) is 3.91. The molecule has 3 rings (SSSR count). The highest BCUT2D eigenvalue weighted by Crippen LogP contribution is 2.33. The van der Waals surface area contributed by atoms with Gasteiger partial charge in [0, 0.05) is 47.4 Å². The first-order chi connectivity index (χ1) is 13.8. The van der Waals surface area contributed by atoms with Gasteiger partial charge in [0.1, 0.15) is 0 Å². The molecule has 1 heterocycles. The van der Waals surface area contributed by atoms with Crippen molar-refractivity contribution < 1.29 is 32.8 Å². The predicted molar refractivity (Wildman–Crippen MR) is 109 cm³/mol. The van der Waals surface area contributed by atoms with Crippen molar-refractivity contribution in [2.24, 2.45) is 5.92 Å². The summed E-state index contributed by atoms with van der Waals surface area (Å²) in [5.41, 5.74) is 0. The fourth-order valence-corrected chi connectivity index (χ4v) is 3.91. The number of aliphatic hydroxyl groups is 1. The molecule has 0 aromatic rings. The minimum Gasteiger partial charge on any atom is -0.393 e. The first-order valence-corrected chi connectivity index (χ1v) is 11.0. The van der Waals surface area contributed by atoms with Crippen LogP contribution in [-0.4, -0.2) is 70.0 Å². The molecule has 0 aromatic heterocycles. The van der Waals surface area contributed by atoms with E-state index in [1.54, 1.807) is 21.3 Å². The number of aliphatic hydroxyl groups excluding tert-OH is 1. The average molecular weight is 425 g/mol. The van der Waals surface area contributed by atoms with Gasteiger partial charge in [-0.1, -0.05) is 0 Å². The maximum absolute atomic E-state index is 12.5. The second-order valence-electron chi connectivity index (χ2n) is 8.35. The second kappa shape index (κ2) is 14.6. The summed E-state index contributed by atoms with van der Waals surface area (Å²) in [6.07, 6.45) is 8.02. The standard InChI is InChI=1S/C8H16O2.C7H12F2O.C7H14O2/c1-7(9-2)8-3-5-10-6-4-8;1-10-6-2-4-7(8,9)5-3-6;1-9-7-4-2-6(8)3-5-7/h7-8H,3-6H2,1-2H3;6H,2-5H2,1H3;6-8H,2-5H2,1H3. The Morgan fingerprint density at radius 1 is 0.828 bits per heavy atom. The summed E-state index contributed by atoms with van der Waals surface area (Å²) in [5, 5.41) is 9.07. The van der Waals surface area contributed by atoms with Crippen molar-refractivity contribution in [2.45, 2.75) is 101 Å². The number of rotatable bonds is 4. The summed E-state index contributed by atoms with van der Waals surface area (Å²) in [4.78, 5) is 0. The van der Waals surface area contributed by atoms with Gasteiger partial charge in [-0.25, -0.2) is 8.78 Å². The van der Waals surface area contributed by atoms with Gasteiger partial charge in [-0.3, -0.25) is 0 Å². The fraction of sp³-hybridized carbons (Fsp3) is 1.00. The van der Waals surface area contributed by atoms with Crippen molar-refractivity contribution in [2.75, 3.05) is 34.5 Å². The number of ether oxygens (including phenoxy) is 4. The van der Waals surface area contributed by atoms with Gasteiger partial charge in [-0.2, -0.15) is 0 Å². The van der Waals surface area contributed by atoms with Crippen molar-refractivity contribution in [3.8, 4) is 0 Å². The van der Waals surface area contributed by atoms with E-state index in [0.29, 0.717) is 25.0 Å². The van der Waals surface area contributed by atoms with E-state index < -0.39 is 5.92 Å². The SMILES string of the molecule is COC(C)C1CCOCC1.COC1CCC(F)(F)CC1.COC1CCC(O)CC1. The Morgan fingerprint density at radius 2 is 1.31 bits per heavy atom. The average Bonchev–Trinajstić information content (AvgIpc) is 2.75. The smallest absolute Gasteiger partial charge is 0.248 e. The Balaban J connectivity index is 0.000000218. The quantitative estimate of drug-likeness (QED) is 0.715. The van der Waals surface area contributed by atoms with E-state index in [1.807, 2.05) is 0 Å². The van der Waals surface area contributed by atoms with Crippen molar-refractivity contribution in [1.29, 1.82) is 0 Å². The normalized spacial score (nSPS) is 29.1. The summed E-state index contributed by atoms with van der Waals surface area (Å²) in [6, 6.07) is 0. The molecule has 7 heteroatoms. The van der Waals surface area contributed by atoms with E-state index in [-0.39, 0.29) is 25.0 Å². The highest BCUT2D eigenvalue weighted by Gasteiger charge is 2.34. The Labute approximate surface area is 175 Å². The van der Waals surface area contributed by atoms with E-state index in [9.17, 15) is 8.78 Å². The van der Waals surface area contributed by atoms with Gasteiger partial charge in [-0.05, 0) is 64.2 Å². The van der Waals surface area contributed by atoms with Crippen molar-refractivity contribution in [3.63, 3.8) is 0 Å². The zero-order chi connectivity index (χ0) is 21.7. The van der Waals surface area contributed by atoms with E-state index >= 15 is 0 Å². The third-order valence-electron chi connectivity index (χ3n) is 6.28. The van der Waals surface area contributed by atoms with Crippen LogP contribution in [0.3, 0.4) is 0 Å². The van der Waals surface area contributed by atoms with Crippen LogP contribution in [0.4, 0.5) is 8.78 Å². The van der Waals surface area contributed by atoms with Gasteiger partial charge in [0.25, 0.3) is 0 Å². The third-order valence-corrected chi connectivity index (χ3v) is 6.28. The van der Waals surface area contributed by atoms with Gasteiger partial charge < -0.3 is 24.1 Å². The molecule has 174 valence electrons. The van der Waals surface area contributed by atoms with Crippen molar-refractivity contribution in [3.05, 3.63) is 0 Å². The second-order valence-corrected chi connectivity index (χ2v) is 8.35. The molecule has 0 bridgehead atoms. The van der Waals surface area contributed by atoms with Crippen LogP contribution >= 0.6 is 0 Å². The van der Waals surface area contributed by atoms with Gasteiger partial charge in [0.2, 0.25) is 5.92 Å². The molecule has 3 fully saturated rings. The summed E-state index contributed by atoms with van der Waals surface area (Å²) < 4.78 is 45.5. The number of hydrogen-bond donors (Lipinski definition) is 1. The van der Waals surface area contributed by atoms with E-state index in [4.69, 9.17) is 24.1 Å². The monoisotopic (exact) mass is 424 g/mol. The lowest BCUT2D eigenvalue weighted by Crippen LogP contribution is -2.28. The lowest BCUT2D eigenvalue weighted by Gasteiger charge is -2.26. The van der Waals surface area contributed by atoms with E-state index in [1.165, 1.54) is 0 Å². The molecule has 29 heavy (non-hydrogen) atoms. The van der Waals surface area contributed by atoms with E-state index in [2.05, 4.69) is 6.92 Å². The van der Waals surface area contributed by atoms with E-state index in [0.717, 1.165) is 57.7 Å². The first kappa shape index (κ1) is 26.7. The molecule has 1 N–H and O–H groups in total. The molecule has 2 saturated carbocycles. The van der Waals surface area contributed by atoms with Crippen LogP contribution in [0.5, 0.6) is 0 Å². The zero-order valence-electron chi connectivity index (χ0n) is 18.7. The molecular formula is C22H42F2O5. The van der Waals surface area contributed by atoms with Crippen LogP contribution in [0.15, 0.2) is 0 Å². The Hall–Kier alpha value is -0.340. The number of halogens is 2. The maximum atomic E-state index is 12.5. The van der Waals surface area contributed by atoms with Crippen LogP contribution < -0.4 is 0 Å². The summed E-state index contributed by atoms with van der Waals surface area (Å²) >= 11 is 0. The summed E-state index contributed by atoms with van der Waals surface area (Å²) in [5.74, 6) is -1.70. The molecule has 0 amide bonds. The Kier molecular flexibility index (Phi) is 13.5. The molecule has 5 nitrogen and oxygen atoms in total. The molecular weight excluding hydrogens is 382 g/mol. The molecule has 3 aliphatic rings. The van der Waals surface area contributed by atoms with Gasteiger partial charge >= 0.3 is 0 Å². The van der Waals surface area contributed by atoms with Crippen molar-refractivity contribution in [1.82, 2.24) is 0 Å². The molecule has 2 aliphatic carbocycles. The summed E-state index contributed by atoms with van der Waals surface area (Å²) in [7, 11) is 5.09. The highest BCUT2D eigenvalue weighted by atomic mass is 19.3. The van der Waals surface area contributed by atoms with Gasteiger partial charge in [0.05, 0.1) is 24.4 Å². The first-order valence-electron chi connectivity index (χ1n) is 11.0. The predicted octanol–water partition coefficient (Wildman–Crippen LogP) is 4.59. The van der Waals surface area contributed by atoms with Crippen LogP contribution in [0.25, 0.3) is 0 Å². The minimum atomic E-state index is -2.42. The minimum absolute atomic E-state index is 0.00843. The van der Waals surface area contributed by atoms with Gasteiger partial charge in [0.15, 0.2) is 0 Å². The van der Waals surface area contributed by atoms with Crippen LogP contribution in [0, 0.1) is 5.92 Å². The number of methoxy groups -OCH3 is 3.